The number of alkyl halides is 4. The fourth-order valence-corrected chi connectivity index (χ4v) is 6.88. The highest BCUT2D eigenvalue weighted by molar-refractivity contribution is 6.30. The van der Waals surface area contributed by atoms with Gasteiger partial charge in [-0.05, 0) is 48.7 Å². The third-order valence-electron chi connectivity index (χ3n) is 8.50. The molecule has 4 heterocycles. The van der Waals surface area contributed by atoms with Gasteiger partial charge < -0.3 is 9.64 Å². The van der Waals surface area contributed by atoms with Gasteiger partial charge in [0.1, 0.15) is 17.2 Å². The Balaban J connectivity index is 1.11. The van der Waals surface area contributed by atoms with Crippen LogP contribution in [-0.2, 0) is 24.0 Å². The van der Waals surface area contributed by atoms with E-state index >= 15 is 0 Å². The van der Waals surface area contributed by atoms with Gasteiger partial charge in [-0.15, -0.1) is 10.2 Å². The zero-order chi connectivity index (χ0) is 28.0. The molecule has 3 aromatic rings. The Kier molecular flexibility index (Phi) is 5.76. The molecule has 0 bridgehead atoms. The van der Waals surface area contributed by atoms with E-state index in [9.17, 15) is 26.3 Å². The second-order valence-corrected chi connectivity index (χ2v) is 12.0. The van der Waals surface area contributed by atoms with Crippen molar-refractivity contribution in [3.63, 3.8) is 0 Å². The third-order valence-corrected chi connectivity index (χ3v) is 8.73. The van der Waals surface area contributed by atoms with Crippen LogP contribution in [0.5, 0.6) is 0 Å². The SMILES string of the molecule is Fc1ccc(N2CC3(CC(c4nnc5n4-c4ccc(Cl)cc4CN(CC4(F)COC4)C5)C3)C2)c(F)c1C(F)(F)F. The van der Waals surface area contributed by atoms with Gasteiger partial charge in [-0.2, -0.15) is 13.2 Å². The molecule has 0 amide bonds. The van der Waals surface area contributed by atoms with Crippen LogP contribution in [-0.4, -0.2) is 58.2 Å². The highest BCUT2D eigenvalue weighted by atomic mass is 35.5. The van der Waals surface area contributed by atoms with Gasteiger partial charge in [0.15, 0.2) is 17.3 Å². The van der Waals surface area contributed by atoms with Crippen molar-refractivity contribution in [2.24, 2.45) is 5.41 Å². The van der Waals surface area contributed by atoms with E-state index in [4.69, 9.17) is 16.3 Å². The molecule has 2 aromatic carbocycles. The number of aromatic nitrogens is 3. The molecule has 4 aliphatic rings. The van der Waals surface area contributed by atoms with Crippen LogP contribution in [0.3, 0.4) is 0 Å². The first-order valence-corrected chi connectivity index (χ1v) is 13.3. The molecule has 6 nitrogen and oxygen atoms in total. The van der Waals surface area contributed by atoms with Crippen molar-refractivity contribution >= 4 is 17.3 Å². The Labute approximate surface area is 230 Å². The summed E-state index contributed by atoms with van der Waals surface area (Å²) in [6, 6.07) is 7.29. The third kappa shape index (κ3) is 4.18. The summed E-state index contributed by atoms with van der Waals surface area (Å²) in [5.41, 5.74) is -1.90. The topological polar surface area (TPSA) is 46.4 Å². The monoisotopic (exact) mass is 583 g/mol. The molecule has 0 radical (unpaired) electrons. The Hall–Kier alpha value is -2.83. The highest BCUT2D eigenvalue weighted by Crippen LogP contribution is 2.57. The molecule has 212 valence electrons. The van der Waals surface area contributed by atoms with Gasteiger partial charge in [-0.3, -0.25) is 9.47 Å². The highest BCUT2D eigenvalue weighted by Gasteiger charge is 2.55. The first-order chi connectivity index (χ1) is 18.9. The smallest absolute Gasteiger partial charge is 0.375 e. The first kappa shape index (κ1) is 26.1. The van der Waals surface area contributed by atoms with E-state index in [1.54, 1.807) is 6.07 Å². The molecule has 13 heteroatoms. The second-order valence-electron chi connectivity index (χ2n) is 11.6. The van der Waals surface area contributed by atoms with E-state index in [-0.39, 0.29) is 36.8 Å². The zero-order valence-electron chi connectivity index (χ0n) is 21.1. The molecule has 40 heavy (non-hydrogen) atoms. The lowest BCUT2D eigenvalue weighted by molar-refractivity contribution is -0.142. The first-order valence-electron chi connectivity index (χ1n) is 13.0. The molecule has 1 spiro atoms. The van der Waals surface area contributed by atoms with Gasteiger partial charge in [-0.1, -0.05) is 11.6 Å². The molecule has 1 aromatic heterocycles. The normalized spacial score (nSPS) is 21.7. The number of benzene rings is 2. The minimum atomic E-state index is -5.12. The summed E-state index contributed by atoms with van der Waals surface area (Å²) in [5.74, 6) is -1.72. The van der Waals surface area contributed by atoms with Crippen LogP contribution in [0.25, 0.3) is 5.69 Å². The van der Waals surface area contributed by atoms with Gasteiger partial charge in [0.05, 0.1) is 31.1 Å². The van der Waals surface area contributed by atoms with Crippen LogP contribution in [0.4, 0.5) is 32.0 Å². The number of fused-ring (bicyclic) bond motifs is 3. The van der Waals surface area contributed by atoms with Gasteiger partial charge >= 0.3 is 6.18 Å². The number of nitrogens with zero attached hydrogens (tertiary/aromatic N) is 5. The standard InChI is InChI=1S/C27H24ClF6N5O/c28-17-1-3-19-15(5-17)8-37(12-26(31)13-40-14-26)9-21-35-36-24(39(19)21)16-6-25(7-16)10-38(11-25)20-4-2-18(29)22(23(20)30)27(32,33)34/h1-5,16H,6-14H2. The number of hydrogen-bond acceptors (Lipinski definition) is 5. The van der Waals surface area contributed by atoms with Crippen LogP contribution in [0.1, 0.15) is 41.5 Å². The average molecular weight is 584 g/mol. The van der Waals surface area contributed by atoms with Crippen molar-refractivity contribution in [3.8, 4) is 5.69 Å². The van der Waals surface area contributed by atoms with E-state index in [1.165, 1.54) is 4.90 Å². The van der Waals surface area contributed by atoms with Crippen LogP contribution >= 0.6 is 11.6 Å². The molecule has 0 unspecified atom stereocenters. The number of rotatable bonds is 4. The minimum absolute atomic E-state index is 0.0369. The Morgan fingerprint density at radius 2 is 1.73 bits per heavy atom. The average Bonchev–Trinajstić information content (AvgIpc) is 3.12. The molecule has 1 aliphatic carbocycles. The Bertz CT molecular complexity index is 1490. The maximum absolute atomic E-state index is 14.9. The summed E-state index contributed by atoms with van der Waals surface area (Å²) in [6.07, 6.45) is -3.71. The van der Waals surface area contributed by atoms with E-state index in [1.807, 2.05) is 21.6 Å². The van der Waals surface area contributed by atoms with E-state index in [0.29, 0.717) is 55.9 Å². The molecular formula is C27H24ClF6N5O. The molecular weight excluding hydrogens is 560 g/mol. The lowest BCUT2D eigenvalue weighted by Crippen LogP contribution is -2.62. The van der Waals surface area contributed by atoms with Gasteiger partial charge in [0.2, 0.25) is 0 Å². The zero-order valence-corrected chi connectivity index (χ0v) is 21.9. The molecule has 0 N–H and O–H groups in total. The summed E-state index contributed by atoms with van der Waals surface area (Å²) >= 11 is 6.31. The van der Waals surface area contributed by atoms with Gasteiger partial charge in [-0.25, -0.2) is 13.2 Å². The van der Waals surface area contributed by atoms with Crippen molar-refractivity contribution < 1.29 is 31.1 Å². The quantitative estimate of drug-likeness (QED) is 0.371. The number of ether oxygens (including phenoxy) is 1. The van der Waals surface area contributed by atoms with Crippen molar-refractivity contribution in [1.82, 2.24) is 19.7 Å². The number of hydrogen-bond donors (Lipinski definition) is 0. The minimum Gasteiger partial charge on any atom is -0.375 e. The van der Waals surface area contributed by atoms with Gasteiger partial charge in [0.25, 0.3) is 0 Å². The fourth-order valence-electron chi connectivity index (χ4n) is 6.69. The van der Waals surface area contributed by atoms with Crippen molar-refractivity contribution in [3.05, 3.63) is 69.8 Å². The predicted octanol–water partition coefficient (Wildman–Crippen LogP) is 5.66. The van der Waals surface area contributed by atoms with Crippen molar-refractivity contribution in [2.75, 3.05) is 37.7 Å². The molecule has 3 aliphatic heterocycles. The van der Waals surface area contributed by atoms with Crippen LogP contribution in [0, 0.1) is 17.0 Å². The predicted molar refractivity (Wildman–Crippen MR) is 133 cm³/mol. The summed E-state index contributed by atoms with van der Waals surface area (Å²) in [5, 5.41) is 9.53. The van der Waals surface area contributed by atoms with Crippen LogP contribution in [0.2, 0.25) is 5.02 Å². The maximum Gasteiger partial charge on any atom is 0.422 e. The fraction of sp³-hybridized carbons (Fsp3) is 0.481. The summed E-state index contributed by atoms with van der Waals surface area (Å²) < 4.78 is 90.0. The van der Waals surface area contributed by atoms with Crippen LogP contribution in [0.15, 0.2) is 30.3 Å². The lowest BCUT2D eigenvalue weighted by Gasteiger charge is -2.59. The molecule has 7 rings (SSSR count). The number of halogens is 7. The van der Waals surface area contributed by atoms with E-state index in [2.05, 4.69) is 10.2 Å². The number of anilines is 1. The van der Waals surface area contributed by atoms with Crippen molar-refractivity contribution in [1.29, 1.82) is 0 Å². The second kappa shape index (κ2) is 8.83. The largest absolute Gasteiger partial charge is 0.422 e. The van der Waals surface area contributed by atoms with E-state index < -0.39 is 29.0 Å². The Morgan fingerprint density at radius 1 is 1.00 bits per heavy atom. The summed E-state index contributed by atoms with van der Waals surface area (Å²) in [7, 11) is 0. The summed E-state index contributed by atoms with van der Waals surface area (Å²) in [4.78, 5) is 3.50. The molecule has 3 fully saturated rings. The van der Waals surface area contributed by atoms with Crippen molar-refractivity contribution in [2.45, 2.75) is 43.7 Å². The summed E-state index contributed by atoms with van der Waals surface area (Å²) in [6.45, 7) is 1.92. The molecule has 1 saturated carbocycles. The van der Waals surface area contributed by atoms with Crippen LogP contribution < -0.4 is 4.90 Å². The maximum atomic E-state index is 14.9. The Morgan fingerprint density at radius 3 is 2.40 bits per heavy atom. The van der Waals surface area contributed by atoms with E-state index in [0.717, 1.165) is 23.1 Å². The lowest BCUT2D eigenvalue weighted by atomic mass is 9.57. The molecule has 0 atom stereocenters. The van der Waals surface area contributed by atoms with Gasteiger partial charge in [0, 0.05) is 42.5 Å². The molecule has 2 saturated heterocycles.